The van der Waals surface area contributed by atoms with Gasteiger partial charge in [-0.15, -0.1) is 0 Å². The molecule has 1 aliphatic heterocycles. The quantitative estimate of drug-likeness (QED) is 0.903. The van der Waals surface area contributed by atoms with E-state index in [-0.39, 0.29) is 5.54 Å². The van der Waals surface area contributed by atoms with E-state index in [1.54, 1.807) is 0 Å². The summed E-state index contributed by atoms with van der Waals surface area (Å²) in [4.78, 5) is 2.60. The highest BCUT2D eigenvalue weighted by Crippen LogP contribution is 2.21. The van der Waals surface area contributed by atoms with Crippen molar-refractivity contribution < 1.29 is 0 Å². The van der Waals surface area contributed by atoms with Crippen molar-refractivity contribution >= 4 is 0 Å². The minimum atomic E-state index is 0.197. The molecule has 1 saturated heterocycles. The van der Waals surface area contributed by atoms with E-state index in [2.05, 4.69) is 49.1 Å². The van der Waals surface area contributed by atoms with E-state index in [9.17, 15) is 0 Å². The molecule has 0 saturated carbocycles. The van der Waals surface area contributed by atoms with Crippen molar-refractivity contribution in [3.63, 3.8) is 0 Å². The summed E-state index contributed by atoms with van der Waals surface area (Å²) in [6.45, 7) is 12.3. The van der Waals surface area contributed by atoms with Crippen molar-refractivity contribution in [3.05, 3.63) is 18.0 Å². The van der Waals surface area contributed by atoms with E-state index < -0.39 is 0 Å². The normalized spacial score (nSPS) is 24.0. The van der Waals surface area contributed by atoms with Gasteiger partial charge in [-0.25, -0.2) is 0 Å². The number of hydrogen-bond acceptors (Lipinski definition) is 3. The molecule has 4 nitrogen and oxygen atoms in total. The van der Waals surface area contributed by atoms with Crippen LogP contribution in [0.1, 0.15) is 39.8 Å². The zero-order valence-corrected chi connectivity index (χ0v) is 13.0. The fourth-order valence-electron chi connectivity index (χ4n) is 2.93. The van der Waals surface area contributed by atoms with E-state index in [1.807, 2.05) is 17.9 Å². The van der Waals surface area contributed by atoms with Gasteiger partial charge in [-0.3, -0.25) is 9.58 Å². The Hall–Kier alpha value is -0.870. The molecule has 1 aromatic rings. The standard InChI is InChI=1S/C15H28N4/c1-12(2)8-14-9-16-15(3,4)11-19(14)10-13-6-7-18(5)17-13/h6-7,12,14,16H,8-11H2,1-5H3. The molecule has 0 bridgehead atoms. The van der Waals surface area contributed by atoms with Crippen molar-refractivity contribution in [2.75, 3.05) is 13.1 Å². The van der Waals surface area contributed by atoms with Gasteiger partial charge >= 0.3 is 0 Å². The third-order valence-electron chi connectivity index (χ3n) is 3.81. The van der Waals surface area contributed by atoms with Gasteiger partial charge in [-0.1, -0.05) is 13.8 Å². The van der Waals surface area contributed by atoms with E-state index >= 15 is 0 Å². The number of aromatic nitrogens is 2. The fourth-order valence-corrected chi connectivity index (χ4v) is 2.93. The van der Waals surface area contributed by atoms with Gasteiger partial charge in [-0.2, -0.15) is 5.10 Å². The molecule has 0 radical (unpaired) electrons. The highest BCUT2D eigenvalue weighted by molar-refractivity contribution is 5.01. The first kappa shape index (κ1) is 14.5. The van der Waals surface area contributed by atoms with E-state index in [1.165, 1.54) is 12.1 Å². The third kappa shape index (κ3) is 4.05. The monoisotopic (exact) mass is 264 g/mol. The van der Waals surface area contributed by atoms with Crippen LogP contribution in [0.15, 0.2) is 12.3 Å². The Morgan fingerprint density at radius 3 is 2.79 bits per heavy atom. The summed E-state index contributed by atoms with van der Waals surface area (Å²) >= 11 is 0. The SMILES string of the molecule is CC(C)CC1CNC(C)(C)CN1Cc1ccn(C)n1. The molecule has 1 unspecified atom stereocenters. The zero-order chi connectivity index (χ0) is 14.0. The summed E-state index contributed by atoms with van der Waals surface area (Å²) in [6, 6.07) is 2.75. The van der Waals surface area contributed by atoms with Gasteiger partial charge in [0.15, 0.2) is 0 Å². The first-order valence-electron chi connectivity index (χ1n) is 7.33. The molecule has 0 amide bonds. The summed E-state index contributed by atoms with van der Waals surface area (Å²) in [5.74, 6) is 0.735. The Balaban J connectivity index is 2.06. The van der Waals surface area contributed by atoms with Gasteiger partial charge in [0.1, 0.15) is 0 Å². The summed E-state index contributed by atoms with van der Waals surface area (Å²) in [5.41, 5.74) is 1.37. The maximum Gasteiger partial charge on any atom is 0.0764 e. The predicted octanol–water partition coefficient (Wildman–Crippen LogP) is 2.02. The molecule has 1 aliphatic rings. The van der Waals surface area contributed by atoms with Crippen LogP contribution in [0.25, 0.3) is 0 Å². The van der Waals surface area contributed by atoms with E-state index in [0.29, 0.717) is 6.04 Å². The van der Waals surface area contributed by atoms with Crippen molar-refractivity contribution in [2.45, 2.75) is 52.2 Å². The summed E-state index contributed by atoms with van der Waals surface area (Å²) in [7, 11) is 1.98. The molecule has 0 spiro atoms. The van der Waals surface area contributed by atoms with Gasteiger partial charge in [0.05, 0.1) is 5.69 Å². The molecular formula is C15H28N4. The third-order valence-corrected chi connectivity index (χ3v) is 3.81. The fraction of sp³-hybridized carbons (Fsp3) is 0.800. The molecule has 19 heavy (non-hydrogen) atoms. The lowest BCUT2D eigenvalue weighted by Crippen LogP contribution is -2.61. The van der Waals surface area contributed by atoms with Crippen molar-refractivity contribution in [1.29, 1.82) is 0 Å². The smallest absolute Gasteiger partial charge is 0.0764 e. The Morgan fingerprint density at radius 2 is 2.21 bits per heavy atom. The van der Waals surface area contributed by atoms with Crippen molar-refractivity contribution in [1.82, 2.24) is 20.0 Å². The highest BCUT2D eigenvalue weighted by atomic mass is 15.3. The van der Waals surface area contributed by atoms with Gasteiger partial charge in [-0.05, 0) is 32.3 Å². The second-order valence-electron chi connectivity index (χ2n) is 6.93. The number of aryl methyl sites for hydroxylation is 1. The van der Waals surface area contributed by atoms with Crippen LogP contribution in [0, 0.1) is 5.92 Å². The Labute approximate surface area is 117 Å². The second kappa shape index (κ2) is 5.63. The van der Waals surface area contributed by atoms with Crippen molar-refractivity contribution in [3.8, 4) is 0 Å². The van der Waals surface area contributed by atoms with Gasteiger partial charge in [0.2, 0.25) is 0 Å². The maximum absolute atomic E-state index is 4.52. The molecular weight excluding hydrogens is 236 g/mol. The van der Waals surface area contributed by atoms with Crippen LogP contribution < -0.4 is 5.32 Å². The lowest BCUT2D eigenvalue weighted by molar-refractivity contribution is 0.0747. The summed E-state index contributed by atoms with van der Waals surface area (Å²) in [6.07, 6.45) is 3.27. The number of piperazine rings is 1. The number of rotatable bonds is 4. The second-order valence-corrected chi connectivity index (χ2v) is 6.93. The minimum absolute atomic E-state index is 0.197. The zero-order valence-electron chi connectivity index (χ0n) is 13.0. The maximum atomic E-state index is 4.52. The van der Waals surface area contributed by atoms with E-state index in [4.69, 9.17) is 0 Å². The first-order valence-corrected chi connectivity index (χ1v) is 7.33. The van der Waals surface area contributed by atoms with Crippen LogP contribution in [0.3, 0.4) is 0 Å². The summed E-state index contributed by atoms with van der Waals surface area (Å²) in [5, 5.41) is 8.19. The summed E-state index contributed by atoms with van der Waals surface area (Å²) < 4.78 is 1.89. The average molecular weight is 264 g/mol. The largest absolute Gasteiger partial charge is 0.309 e. The van der Waals surface area contributed by atoms with Crippen LogP contribution in [-0.2, 0) is 13.6 Å². The van der Waals surface area contributed by atoms with Crippen LogP contribution >= 0.6 is 0 Å². The van der Waals surface area contributed by atoms with Crippen LogP contribution in [0.2, 0.25) is 0 Å². The molecule has 108 valence electrons. The molecule has 1 fully saturated rings. The Bertz CT molecular complexity index is 408. The van der Waals surface area contributed by atoms with Gasteiger partial charge < -0.3 is 5.32 Å². The molecule has 1 N–H and O–H groups in total. The lowest BCUT2D eigenvalue weighted by Gasteiger charge is -2.45. The number of nitrogens with one attached hydrogen (secondary N) is 1. The Kier molecular flexibility index (Phi) is 4.31. The van der Waals surface area contributed by atoms with E-state index in [0.717, 1.165) is 25.6 Å². The molecule has 1 aromatic heterocycles. The lowest BCUT2D eigenvalue weighted by atomic mass is 9.94. The Morgan fingerprint density at radius 1 is 1.47 bits per heavy atom. The van der Waals surface area contributed by atoms with Crippen LogP contribution in [0.5, 0.6) is 0 Å². The predicted molar refractivity (Wildman–Crippen MR) is 78.9 cm³/mol. The van der Waals surface area contributed by atoms with Crippen LogP contribution in [0.4, 0.5) is 0 Å². The molecule has 4 heteroatoms. The molecule has 2 rings (SSSR count). The number of nitrogens with zero attached hydrogens (tertiary/aromatic N) is 3. The molecule has 1 atom stereocenters. The van der Waals surface area contributed by atoms with Crippen molar-refractivity contribution in [2.24, 2.45) is 13.0 Å². The van der Waals surface area contributed by atoms with Gasteiger partial charge in [0, 0.05) is 44.5 Å². The average Bonchev–Trinajstić information content (AvgIpc) is 2.67. The molecule has 2 heterocycles. The van der Waals surface area contributed by atoms with Crippen LogP contribution in [-0.4, -0.2) is 39.4 Å². The molecule has 0 aromatic carbocycles. The minimum Gasteiger partial charge on any atom is -0.309 e. The first-order chi connectivity index (χ1) is 8.85. The topological polar surface area (TPSA) is 33.1 Å². The number of hydrogen-bond donors (Lipinski definition) is 1. The molecule has 0 aliphatic carbocycles. The van der Waals surface area contributed by atoms with Gasteiger partial charge in [0.25, 0.3) is 0 Å². The highest BCUT2D eigenvalue weighted by Gasteiger charge is 2.32.